The fourth-order valence-corrected chi connectivity index (χ4v) is 0.836. The van der Waals surface area contributed by atoms with Gasteiger partial charge in [-0.3, -0.25) is 0 Å². The van der Waals surface area contributed by atoms with E-state index in [0.29, 0.717) is 17.2 Å². The lowest BCUT2D eigenvalue weighted by Crippen LogP contribution is -2.03. The van der Waals surface area contributed by atoms with Crippen LogP contribution in [0.25, 0.3) is 0 Å². The first-order valence-corrected chi connectivity index (χ1v) is 3.31. The van der Waals surface area contributed by atoms with E-state index in [1.807, 2.05) is 0 Å². The highest BCUT2D eigenvalue weighted by Gasteiger charge is 2.06. The smallest absolute Gasteiger partial charge is 0.123 e. The van der Waals surface area contributed by atoms with Gasteiger partial charge in [-0.15, -0.1) is 0 Å². The van der Waals surface area contributed by atoms with E-state index in [4.69, 9.17) is 16.6 Å². The molecule has 0 spiro atoms. The van der Waals surface area contributed by atoms with Crippen molar-refractivity contribution in [1.29, 1.82) is 0 Å². The molecule has 0 fully saturated rings. The van der Waals surface area contributed by atoms with Crippen LogP contribution in [0.4, 0.5) is 11.5 Å². The van der Waals surface area contributed by atoms with E-state index in [9.17, 15) is 0 Å². The quantitative estimate of drug-likeness (QED) is 0.541. The van der Waals surface area contributed by atoms with Crippen LogP contribution in [-0.2, 0) is 0 Å². The van der Waals surface area contributed by atoms with Crippen molar-refractivity contribution in [3.8, 4) is 0 Å². The van der Waals surface area contributed by atoms with Crippen LogP contribution in [0, 0.1) is 0 Å². The number of nitrogens with zero attached hydrogens (tertiary/aromatic N) is 1. The number of pyridine rings is 1. The molecule has 0 aliphatic carbocycles. The number of aromatic nitrogens is 1. The van der Waals surface area contributed by atoms with Crippen LogP contribution < -0.4 is 11.5 Å². The molecule has 1 heterocycles. The van der Waals surface area contributed by atoms with Gasteiger partial charge in [-0.2, -0.15) is 0 Å². The van der Waals surface area contributed by atoms with Gasteiger partial charge in [0.15, 0.2) is 0 Å². The van der Waals surface area contributed by atoms with Gasteiger partial charge in [0, 0.05) is 0 Å². The average molecular weight is 153 g/mol. The first-order chi connectivity index (χ1) is 5.11. The van der Waals surface area contributed by atoms with Crippen molar-refractivity contribution < 1.29 is 5.11 Å². The minimum Gasteiger partial charge on any atom is -0.397 e. The number of hydrogen-bond donors (Lipinski definition) is 3. The molecule has 0 aromatic carbocycles. The maximum Gasteiger partial charge on any atom is 0.123 e. The van der Waals surface area contributed by atoms with Crippen molar-refractivity contribution >= 4 is 11.5 Å². The minimum absolute atomic E-state index is 0.370. The van der Waals surface area contributed by atoms with Crippen molar-refractivity contribution in [3.63, 3.8) is 0 Å². The Bertz CT molecular complexity index is 260. The molecule has 0 aliphatic rings. The van der Waals surface area contributed by atoms with Crippen LogP contribution in [0.2, 0.25) is 0 Å². The average Bonchev–Trinajstić information content (AvgIpc) is 1.94. The fourth-order valence-electron chi connectivity index (χ4n) is 0.836. The molecule has 0 saturated heterocycles. The molecule has 60 valence electrons. The lowest BCUT2D eigenvalue weighted by atomic mass is 10.2. The van der Waals surface area contributed by atoms with Crippen LogP contribution >= 0.6 is 0 Å². The molecule has 0 saturated carbocycles. The summed E-state index contributed by atoms with van der Waals surface area (Å²) in [6.07, 6.45) is -0.668. The summed E-state index contributed by atoms with van der Waals surface area (Å²) in [5.41, 5.74) is 11.8. The molecule has 0 amide bonds. The van der Waals surface area contributed by atoms with Crippen LogP contribution in [0.5, 0.6) is 0 Å². The Morgan fingerprint density at radius 1 is 1.45 bits per heavy atom. The zero-order chi connectivity index (χ0) is 8.43. The molecule has 0 aliphatic heterocycles. The monoisotopic (exact) mass is 153 g/mol. The number of aliphatic hydroxyl groups is 1. The Morgan fingerprint density at radius 3 is 2.55 bits per heavy atom. The minimum atomic E-state index is -0.668. The highest BCUT2D eigenvalue weighted by molar-refractivity contribution is 5.48. The summed E-state index contributed by atoms with van der Waals surface area (Å²) in [5.74, 6) is 0.370. The molecule has 0 radical (unpaired) electrons. The molecule has 4 nitrogen and oxygen atoms in total. The van der Waals surface area contributed by atoms with Gasteiger partial charge in [-0.1, -0.05) is 0 Å². The molecule has 1 rings (SSSR count). The van der Waals surface area contributed by atoms with Crippen molar-refractivity contribution in [2.75, 3.05) is 11.5 Å². The summed E-state index contributed by atoms with van der Waals surface area (Å²) in [6.45, 7) is 1.60. The van der Waals surface area contributed by atoms with E-state index in [0.717, 1.165) is 0 Å². The number of nitrogen functional groups attached to an aromatic ring is 2. The maximum absolute atomic E-state index is 9.13. The summed E-state index contributed by atoms with van der Waals surface area (Å²) in [6, 6.07) is 3.23. The predicted octanol–water partition coefficient (Wildman–Crippen LogP) is 0.299. The van der Waals surface area contributed by atoms with E-state index >= 15 is 0 Å². The molecule has 1 unspecified atom stereocenters. The zero-order valence-electron chi connectivity index (χ0n) is 6.28. The number of nitrogens with two attached hydrogens (primary N) is 2. The van der Waals surface area contributed by atoms with Gasteiger partial charge < -0.3 is 16.6 Å². The molecular formula is C7H11N3O. The summed E-state index contributed by atoms with van der Waals surface area (Å²) < 4.78 is 0. The second kappa shape index (κ2) is 2.75. The Balaban J connectivity index is 3.13. The first kappa shape index (κ1) is 7.81. The van der Waals surface area contributed by atoms with E-state index in [2.05, 4.69) is 4.98 Å². The SMILES string of the molecule is CC(O)c1nc(N)ccc1N. The summed E-state index contributed by atoms with van der Waals surface area (Å²) >= 11 is 0. The van der Waals surface area contributed by atoms with Crippen LogP contribution in [0.15, 0.2) is 12.1 Å². The van der Waals surface area contributed by atoms with Crippen LogP contribution in [0.1, 0.15) is 18.7 Å². The lowest BCUT2D eigenvalue weighted by Gasteiger charge is -2.06. The van der Waals surface area contributed by atoms with E-state index in [-0.39, 0.29) is 0 Å². The van der Waals surface area contributed by atoms with Gasteiger partial charge in [0.05, 0.1) is 17.5 Å². The first-order valence-electron chi connectivity index (χ1n) is 3.31. The largest absolute Gasteiger partial charge is 0.397 e. The predicted molar refractivity (Wildman–Crippen MR) is 43.7 cm³/mol. The maximum atomic E-state index is 9.13. The number of aliphatic hydroxyl groups excluding tert-OH is 1. The molecule has 1 aromatic heterocycles. The molecule has 0 bridgehead atoms. The van der Waals surface area contributed by atoms with Gasteiger partial charge in [0.1, 0.15) is 5.82 Å². The van der Waals surface area contributed by atoms with Crippen molar-refractivity contribution in [2.45, 2.75) is 13.0 Å². The summed E-state index contributed by atoms with van der Waals surface area (Å²) in [4.78, 5) is 3.88. The second-order valence-electron chi connectivity index (χ2n) is 2.39. The summed E-state index contributed by atoms with van der Waals surface area (Å²) in [5, 5.41) is 9.13. The third kappa shape index (κ3) is 1.59. The topological polar surface area (TPSA) is 85.2 Å². The van der Waals surface area contributed by atoms with Gasteiger partial charge in [-0.25, -0.2) is 4.98 Å². The second-order valence-corrected chi connectivity index (χ2v) is 2.39. The third-order valence-corrected chi connectivity index (χ3v) is 1.37. The van der Waals surface area contributed by atoms with E-state index in [1.165, 1.54) is 0 Å². The normalized spacial score (nSPS) is 12.9. The standard InChI is InChI=1S/C7H11N3O/c1-4(11)7-5(8)2-3-6(9)10-7/h2-4,11H,8H2,1H3,(H2,9,10). The van der Waals surface area contributed by atoms with Crippen molar-refractivity contribution in [1.82, 2.24) is 4.98 Å². The van der Waals surface area contributed by atoms with Gasteiger partial charge in [0.2, 0.25) is 0 Å². The van der Waals surface area contributed by atoms with Gasteiger partial charge in [-0.05, 0) is 19.1 Å². The highest BCUT2D eigenvalue weighted by atomic mass is 16.3. The molecule has 1 atom stereocenters. The Hall–Kier alpha value is -1.29. The molecule has 1 aromatic rings. The highest BCUT2D eigenvalue weighted by Crippen LogP contribution is 2.17. The van der Waals surface area contributed by atoms with Crippen LogP contribution in [0.3, 0.4) is 0 Å². The zero-order valence-corrected chi connectivity index (χ0v) is 6.28. The van der Waals surface area contributed by atoms with Gasteiger partial charge in [0.25, 0.3) is 0 Å². The van der Waals surface area contributed by atoms with Gasteiger partial charge >= 0.3 is 0 Å². The van der Waals surface area contributed by atoms with E-state index < -0.39 is 6.10 Å². The molecule has 4 heteroatoms. The Morgan fingerprint density at radius 2 is 2.09 bits per heavy atom. The molecule has 11 heavy (non-hydrogen) atoms. The number of hydrogen-bond acceptors (Lipinski definition) is 4. The van der Waals surface area contributed by atoms with Crippen molar-refractivity contribution in [3.05, 3.63) is 17.8 Å². The van der Waals surface area contributed by atoms with Crippen molar-refractivity contribution in [2.24, 2.45) is 0 Å². The Kier molecular flexibility index (Phi) is 1.96. The molecular weight excluding hydrogens is 142 g/mol. The Labute approximate surface area is 64.9 Å². The fraction of sp³-hybridized carbons (Fsp3) is 0.286. The van der Waals surface area contributed by atoms with E-state index in [1.54, 1.807) is 19.1 Å². The summed E-state index contributed by atoms with van der Waals surface area (Å²) in [7, 11) is 0. The number of rotatable bonds is 1. The number of anilines is 2. The lowest BCUT2D eigenvalue weighted by molar-refractivity contribution is 0.195. The van der Waals surface area contributed by atoms with Crippen LogP contribution in [-0.4, -0.2) is 10.1 Å². The molecule has 5 N–H and O–H groups in total. The third-order valence-electron chi connectivity index (χ3n) is 1.37.